The lowest BCUT2D eigenvalue weighted by atomic mass is 9.72. The van der Waals surface area contributed by atoms with Crippen LogP contribution in [-0.4, -0.2) is 25.3 Å². The zero-order valence-corrected chi connectivity index (χ0v) is 13.7. The number of likely N-dealkylation sites (N-methyl/N-ethyl adjacent to an activating group) is 1. The molecule has 0 bridgehead atoms. The van der Waals surface area contributed by atoms with Crippen molar-refractivity contribution in [2.24, 2.45) is 17.8 Å². The normalized spacial score (nSPS) is 31.1. The van der Waals surface area contributed by atoms with E-state index in [2.05, 4.69) is 39.9 Å². The molecule has 1 rings (SSSR count). The lowest BCUT2D eigenvalue weighted by molar-refractivity contribution is -0.000557. The van der Waals surface area contributed by atoms with E-state index in [0.29, 0.717) is 12.1 Å². The summed E-state index contributed by atoms with van der Waals surface area (Å²) >= 11 is 0. The Hall–Kier alpha value is -0.0800. The van der Waals surface area contributed by atoms with Crippen LogP contribution in [0.25, 0.3) is 0 Å². The highest BCUT2D eigenvalue weighted by atomic mass is 16.5. The quantitative estimate of drug-likeness (QED) is 0.711. The zero-order chi connectivity index (χ0) is 14.3. The highest BCUT2D eigenvalue weighted by molar-refractivity contribution is 4.88. The van der Waals surface area contributed by atoms with Crippen molar-refractivity contribution in [2.75, 3.05) is 13.2 Å². The molecule has 0 amide bonds. The van der Waals surface area contributed by atoms with Crippen molar-refractivity contribution < 1.29 is 4.74 Å². The first-order valence-corrected chi connectivity index (χ1v) is 8.48. The second kappa shape index (κ2) is 8.97. The third kappa shape index (κ3) is 5.07. The second-order valence-corrected chi connectivity index (χ2v) is 6.39. The number of nitrogens with one attached hydrogen (secondary N) is 1. The van der Waals surface area contributed by atoms with Crippen molar-refractivity contribution in [1.29, 1.82) is 0 Å². The van der Waals surface area contributed by atoms with Crippen LogP contribution in [0.5, 0.6) is 0 Å². The summed E-state index contributed by atoms with van der Waals surface area (Å²) in [5.41, 5.74) is 0. The third-order valence-electron chi connectivity index (χ3n) is 4.94. The molecule has 5 unspecified atom stereocenters. The smallest absolute Gasteiger partial charge is 0.0730 e. The predicted molar refractivity (Wildman–Crippen MR) is 83.5 cm³/mol. The lowest BCUT2D eigenvalue weighted by Crippen LogP contribution is -2.48. The minimum Gasteiger partial charge on any atom is -0.377 e. The lowest BCUT2D eigenvalue weighted by Gasteiger charge is -2.40. The van der Waals surface area contributed by atoms with Gasteiger partial charge in [0.05, 0.1) is 6.10 Å². The van der Waals surface area contributed by atoms with Gasteiger partial charge in [-0.1, -0.05) is 40.5 Å². The highest BCUT2D eigenvalue weighted by Crippen LogP contribution is 2.36. The van der Waals surface area contributed by atoms with E-state index in [1.165, 1.54) is 32.1 Å². The van der Waals surface area contributed by atoms with Crippen molar-refractivity contribution in [1.82, 2.24) is 5.32 Å². The molecule has 1 aliphatic rings. The fraction of sp³-hybridized carbons (Fsp3) is 1.00. The Morgan fingerprint density at radius 2 is 1.84 bits per heavy atom. The Balaban J connectivity index is 2.68. The summed E-state index contributed by atoms with van der Waals surface area (Å²) in [6.07, 6.45) is 6.93. The van der Waals surface area contributed by atoms with Crippen LogP contribution in [0.2, 0.25) is 0 Å². The molecule has 19 heavy (non-hydrogen) atoms. The van der Waals surface area contributed by atoms with E-state index in [-0.39, 0.29) is 0 Å². The summed E-state index contributed by atoms with van der Waals surface area (Å²) in [6.45, 7) is 13.3. The molecule has 1 saturated carbocycles. The van der Waals surface area contributed by atoms with Crippen LogP contribution in [0.3, 0.4) is 0 Å². The van der Waals surface area contributed by atoms with Gasteiger partial charge >= 0.3 is 0 Å². The van der Waals surface area contributed by atoms with Crippen molar-refractivity contribution in [3.05, 3.63) is 0 Å². The second-order valence-electron chi connectivity index (χ2n) is 6.39. The first-order valence-electron chi connectivity index (χ1n) is 8.48. The number of rotatable bonds is 8. The van der Waals surface area contributed by atoms with Gasteiger partial charge in [-0.3, -0.25) is 0 Å². The summed E-state index contributed by atoms with van der Waals surface area (Å²) in [5.74, 6) is 2.56. The fourth-order valence-corrected chi connectivity index (χ4v) is 3.62. The van der Waals surface area contributed by atoms with Crippen LogP contribution >= 0.6 is 0 Å². The Morgan fingerprint density at radius 3 is 2.37 bits per heavy atom. The van der Waals surface area contributed by atoms with Gasteiger partial charge in [0.25, 0.3) is 0 Å². The van der Waals surface area contributed by atoms with Gasteiger partial charge in [0.2, 0.25) is 0 Å². The van der Waals surface area contributed by atoms with Crippen LogP contribution in [0, 0.1) is 17.8 Å². The summed E-state index contributed by atoms with van der Waals surface area (Å²) in [6, 6.07) is 0.555. The van der Waals surface area contributed by atoms with Gasteiger partial charge in [-0.05, 0) is 50.5 Å². The first-order chi connectivity index (χ1) is 9.13. The maximum atomic E-state index is 6.05. The molecule has 0 spiro atoms. The first kappa shape index (κ1) is 17.0. The molecule has 0 aromatic rings. The van der Waals surface area contributed by atoms with E-state index in [1.54, 1.807) is 0 Å². The molecule has 1 aliphatic carbocycles. The van der Waals surface area contributed by atoms with E-state index in [1.807, 2.05) is 0 Å². The highest BCUT2D eigenvalue weighted by Gasteiger charge is 2.34. The van der Waals surface area contributed by atoms with Crippen LogP contribution < -0.4 is 5.32 Å². The maximum absolute atomic E-state index is 6.05. The molecule has 1 N–H and O–H groups in total. The fourth-order valence-electron chi connectivity index (χ4n) is 3.62. The minimum absolute atomic E-state index is 0.403. The predicted octanol–water partition coefficient (Wildman–Crippen LogP) is 4.24. The van der Waals surface area contributed by atoms with E-state index >= 15 is 0 Å². The number of hydrogen-bond donors (Lipinski definition) is 1. The van der Waals surface area contributed by atoms with Crippen LogP contribution in [0.15, 0.2) is 0 Å². The number of ether oxygens (including phenoxy) is 1. The average molecular weight is 269 g/mol. The molecule has 114 valence electrons. The molecule has 2 nitrogen and oxygen atoms in total. The molecule has 0 radical (unpaired) electrons. The monoisotopic (exact) mass is 269 g/mol. The standard InChI is InChI=1S/C17H35NO/c1-6-9-16(19-8-3)17(18-7-2)15-11-10-13(4)14(5)12-15/h13-18H,6-12H2,1-5H3. The summed E-state index contributed by atoms with van der Waals surface area (Å²) < 4.78 is 6.05. The van der Waals surface area contributed by atoms with Crippen molar-refractivity contribution >= 4 is 0 Å². The molecule has 0 aromatic carbocycles. The van der Waals surface area contributed by atoms with Crippen LogP contribution in [-0.2, 0) is 4.74 Å². The molecule has 0 aliphatic heterocycles. The summed E-state index contributed by atoms with van der Waals surface area (Å²) in [4.78, 5) is 0. The van der Waals surface area contributed by atoms with Crippen molar-refractivity contribution in [3.63, 3.8) is 0 Å². The molecule has 2 heteroatoms. The van der Waals surface area contributed by atoms with Crippen molar-refractivity contribution in [3.8, 4) is 0 Å². The van der Waals surface area contributed by atoms with E-state index in [0.717, 1.165) is 30.9 Å². The molecule has 1 fully saturated rings. The minimum atomic E-state index is 0.403. The Bertz CT molecular complexity index is 225. The summed E-state index contributed by atoms with van der Waals surface area (Å²) in [5, 5.41) is 3.73. The molecular formula is C17H35NO. The SMILES string of the molecule is CCCC(OCC)C(NCC)C1CCC(C)C(C)C1. The zero-order valence-electron chi connectivity index (χ0n) is 13.7. The van der Waals surface area contributed by atoms with Gasteiger partial charge in [-0.15, -0.1) is 0 Å². The third-order valence-corrected chi connectivity index (χ3v) is 4.94. The Labute approximate surface area is 120 Å². The molecular weight excluding hydrogens is 234 g/mol. The van der Waals surface area contributed by atoms with Gasteiger partial charge in [0.15, 0.2) is 0 Å². The van der Waals surface area contributed by atoms with Gasteiger partial charge < -0.3 is 10.1 Å². The molecule has 0 heterocycles. The van der Waals surface area contributed by atoms with Crippen molar-refractivity contribution in [2.45, 2.75) is 78.9 Å². The van der Waals surface area contributed by atoms with Crippen LogP contribution in [0.1, 0.15) is 66.7 Å². The molecule has 0 aromatic heterocycles. The van der Waals surface area contributed by atoms with Gasteiger partial charge in [0, 0.05) is 12.6 Å². The number of hydrogen-bond acceptors (Lipinski definition) is 2. The van der Waals surface area contributed by atoms with Gasteiger partial charge in [-0.25, -0.2) is 0 Å². The van der Waals surface area contributed by atoms with Gasteiger partial charge in [-0.2, -0.15) is 0 Å². The maximum Gasteiger partial charge on any atom is 0.0730 e. The molecule has 0 saturated heterocycles. The topological polar surface area (TPSA) is 21.3 Å². The largest absolute Gasteiger partial charge is 0.377 e. The van der Waals surface area contributed by atoms with E-state index in [4.69, 9.17) is 4.74 Å². The molecule has 5 atom stereocenters. The van der Waals surface area contributed by atoms with E-state index in [9.17, 15) is 0 Å². The van der Waals surface area contributed by atoms with Crippen LogP contribution in [0.4, 0.5) is 0 Å². The Kier molecular flexibility index (Phi) is 8.01. The summed E-state index contributed by atoms with van der Waals surface area (Å²) in [7, 11) is 0. The van der Waals surface area contributed by atoms with E-state index < -0.39 is 0 Å². The van der Waals surface area contributed by atoms with Gasteiger partial charge in [0.1, 0.15) is 0 Å². The Morgan fingerprint density at radius 1 is 1.11 bits per heavy atom. The average Bonchev–Trinajstić information content (AvgIpc) is 2.39.